The van der Waals surface area contributed by atoms with Gasteiger partial charge in [-0.2, -0.15) is 0 Å². The molecule has 2 aromatic heterocycles. The molecule has 0 spiro atoms. The summed E-state index contributed by atoms with van der Waals surface area (Å²) in [5, 5.41) is 3.15. The summed E-state index contributed by atoms with van der Waals surface area (Å²) >= 11 is 1.71. The number of rotatable bonds is 8. The largest absolute Gasteiger partial charge is 0.353 e. The van der Waals surface area contributed by atoms with Gasteiger partial charge in [0.25, 0.3) is 5.91 Å². The normalized spacial score (nSPS) is 14.2. The topological polar surface area (TPSA) is 66.7 Å². The van der Waals surface area contributed by atoms with Crippen LogP contribution in [0.5, 0.6) is 0 Å². The Kier molecular flexibility index (Phi) is 7.67. The van der Waals surface area contributed by atoms with Gasteiger partial charge in [-0.15, -0.1) is 11.8 Å². The van der Waals surface area contributed by atoms with E-state index in [0.29, 0.717) is 25.1 Å². The van der Waals surface area contributed by atoms with Gasteiger partial charge in [-0.25, -0.2) is 4.98 Å². The lowest BCUT2D eigenvalue weighted by Crippen LogP contribution is -2.46. The van der Waals surface area contributed by atoms with Crippen LogP contribution in [0.25, 0.3) is 5.65 Å². The molecule has 0 saturated carbocycles. The predicted octanol–water partition coefficient (Wildman–Crippen LogP) is 4.98. The SMILES string of the molecule is O=C(CCc1ccccc1)NC1CCN(C(=O)c2ccc(SCc3cn4ccccc4n3)cc2)CC1. The number of hydrogen-bond acceptors (Lipinski definition) is 4. The van der Waals surface area contributed by atoms with E-state index in [0.717, 1.165) is 41.3 Å². The van der Waals surface area contributed by atoms with E-state index >= 15 is 0 Å². The van der Waals surface area contributed by atoms with Crippen molar-refractivity contribution in [1.29, 1.82) is 0 Å². The van der Waals surface area contributed by atoms with Gasteiger partial charge in [0.2, 0.25) is 5.91 Å². The zero-order valence-electron chi connectivity index (χ0n) is 20.2. The number of aryl methyl sites for hydroxylation is 1. The average molecular weight is 499 g/mol. The highest BCUT2D eigenvalue weighted by molar-refractivity contribution is 7.98. The molecule has 1 N–H and O–H groups in total. The lowest BCUT2D eigenvalue weighted by atomic mass is 10.0. The summed E-state index contributed by atoms with van der Waals surface area (Å²) in [6.45, 7) is 1.32. The second-order valence-corrected chi connectivity index (χ2v) is 10.2. The lowest BCUT2D eigenvalue weighted by molar-refractivity contribution is -0.122. The maximum Gasteiger partial charge on any atom is 0.253 e. The summed E-state index contributed by atoms with van der Waals surface area (Å²) in [6, 6.07) is 24.0. The lowest BCUT2D eigenvalue weighted by Gasteiger charge is -2.32. The highest BCUT2D eigenvalue weighted by Gasteiger charge is 2.24. The molecule has 7 heteroatoms. The van der Waals surface area contributed by atoms with Gasteiger partial charge >= 0.3 is 0 Å². The third-order valence-corrected chi connectivity index (χ3v) is 7.58. The third-order valence-electron chi connectivity index (χ3n) is 6.53. The van der Waals surface area contributed by atoms with Gasteiger partial charge in [0, 0.05) is 54.2 Å². The number of imidazole rings is 1. The molecule has 1 fully saturated rings. The molecule has 0 unspecified atom stereocenters. The number of amides is 2. The van der Waals surface area contributed by atoms with Crippen molar-refractivity contribution in [3.05, 3.63) is 102 Å². The average Bonchev–Trinajstić information content (AvgIpc) is 3.35. The third kappa shape index (κ3) is 6.15. The summed E-state index contributed by atoms with van der Waals surface area (Å²) in [4.78, 5) is 33.0. The van der Waals surface area contributed by atoms with Gasteiger partial charge in [-0.1, -0.05) is 36.4 Å². The molecule has 4 aromatic rings. The summed E-state index contributed by atoms with van der Waals surface area (Å²) < 4.78 is 2.02. The number of aromatic nitrogens is 2. The van der Waals surface area contributed by atoms with Crippen LogP contribution in [-0.4, -0.2) is 45.2 Å². The van der Waals surface area contributed by atoms with Crippen molar-refractivity contribution in [1.82, 2.24) is 19.6 Å². The molecule has 1 aliphatic rings. The molecular weight excluding hydrogens is 468 g/mol. The highest BCUT2D eigenvalue weighted by atomic mass is 32.2. The zero-order valence-corrected chi connectivity index (χ0v) is 21.0. The molecule has 1 saturated heterocycles. The molecule has 0 radical (unpaired) electrons. The van der Waals surface area contributed by atoms with Gasteiger partial charge < -0.3 is 14.6 Å². The number of benzene rings is 2. The Labute approximate surface area is 215 Å². The van der Waals surface area contributed by atoms with E-state index in [4.69, 9.17) is 0 Å². The van der Waals surface area contributed by atoms with Crippen LogP contribution in [0, 0.1) is 0 Å². The van der Waals surface area contributed by atoms with Gasteiger partial charge in [-0.05, 0) is 61.2 Å². The number of hydrogen-bond donors (Lipinski definition) is 1. The molecule has 184 valence electrons. The van der Waals surface area contributed by atoms with Gasteiger partial charge in [0.1, 0.15) is 5.65 Å². The van der Waals surface area contributed by atoms with Crippen LogP contribution in [0.2, 0.25) is 0 Å². The standard InChI is InChI=1S/C29H30N4O2S/c34-28(14-9-22-6-2-1-3-7-22)31-24-15-18-32(19-16-24)29(35)23-10-12-26(13-11-23)36-21-25-20-33-17-5-4-8-27(33)30-25/h1-8,10-13,17,20,24H,9,14-16,18-19,21H2,(H,31,34). The predicted molar refractivity (Wildman–Crippen MR) is 143 cm³/mol. The maximum atomic E-state index is 13.0. The van der Waals surface area contributed by atoms with Crippen LogP contribution in [-0.2, 0) is 17.0 Å². The number of carbonyl (C=O) groups excluding carboxylic acids is 2. The summed E-state index contributed by atoms with van der Waals surface area (Å²) in [5.41, 5.74) is 3.86. The van der Waals surface area contributed by atoms with E-state index in [-0.39, 0.29) is 17.9 Å². The van der Waals surface area contributed by atoms with Crippen LogP contribution >= 0.6 is 11.8 Å². The van der Waals surface area contributed by atoms with Gasteiger partial charge in [0.05, 0.1) is 5.69 Å². The number of piperidine rings is 1. The first-order valence-electron chi connectivity index (χ1n) is 12.4. The first-order valence-corrected chi connectivity index (χ1v) is 13.4. The second-order valence-electron chi connectivity index (χ2n) is 9.13. The fourth-order valence-electron chi connectivity index (χ4n) is 4.52. The summed E-state index contributed by atoms with van der Waals surface area (Å²) in [5.74, 6) is 0.917. The number of likely N-dealkylation sites (tertiary alicyclic amines) is 1. The van der Waals surface area contributed by atoms with Crippen LogP contribution < -0.4 is 5.32 Å². The molecule has 2 amide bonds. The van der Waals surface area contributed by atoms with Crippen molar-refractivity contribution < 1.29 is 9.59 Å². The Balaban J connectivity index is 1.06. The highest BCUT2D eigenvalue weighted by Crippen LogP contribution is 2.24. The Morgan fingerprint density at radius 3 is 2.44 bits per heavy atom. The molecule has 0 aliphatic carbocycles. The van der Waals surface area contributed by atoms with Crippen molar-refractivity contribution in [2.75, 3.05) is 13.1 Å². The van der Waals surface area contributed by atoms with E-state index in [2.05, 4.69) is 16.5 Å². The maximum absolute atomic E-state index is 13.0. The summed E-state index contributed by atoms with van der Waals surface area (Å²) in [7, 11) is 0. The van der Waals surface area contributed by atoms with Crippen molar-refractivity contribution in [3.63, 3.8) is 0 Å². The number of nitrogens with zero attached hydrogens (tertiary/aromatic N) is 3. The van der Waals surface area contributed by atoms with E-state index in [1.165, 1.54) is 5.56 Å². The van der Waals surface area contributed by atoms with Crippen LogP contribution in [0.4, 0.5) is 0 Å². The molecule has 2 aromatic carbocycles. The number of carbonyl (C=O) groups is 2. The molecule has 3 heterocycles. The van der Waals surface area contributed by atoms with Gasteiger partial charge in [-0.3, -0.25) is 9.59 Å². The molecule has 1 aliphatic heterocycles. The quantitative estimate of drug-likeness (QED) is 0.348. The number of thioether (sulfide) groups is 1. The van der Waals surface area contributed by atoms with Crippen molar-refractivity contribution in [2.45, 2.75) is 42.4 Å². The Morgan fingerprint density at radius 2 is 1.69 bits per heavy atom. The molecule has 36 heavy (non-hydrogen) atoms. The minimum absolute atomic E-state index is 0.0563. The van der Waals surface area contributed by atoms with E-state index in [9.17, 15) is 9.59 Å². The summed E-state index contributed by atoms with van der Waals surface area (Å²) in [6.07, 6.45) is 6.86. The molecule has 0 atom stereocenters. The first-order chi connectivity index (χ1) is 17.6. The van der Waals surface area contributed by atoms with Gasteiger partial charge in [0.15, 0.2) is 0 Å². The minimum Gasteiger partial charge on any atom is -0.353 e. The zero-order chi connectivity index (χ0) is 24.7. The fraction of sp³-hybridized carbons (Fsp3) is 0.276. The second kappa shape index (κ2) is 11.4. The van der Waals surface area contributed by atoms with E-state index in [1.807, 2.05) is 88.3 Å². The minimum atomic E-state index is 0.0563. The number of nitrogens with one attached hydrogen (secondary N) is 1. The Bertz CT molecular complexity index is 1280. The van der Waals surface area contributed by atoms with Crippen LogP contribution in [0.1, 0.15) is 40.9 Å². The van der Waals surface area contributed by atoms with Crippen molar-refractivity contribution in [2.24, 2.45) is 0 Å². The Morgan fingerprint density at radius 1 is 0.944 bits per heavy atom. The first kappa shape index (κ1) is 24.1. The van der Waals surface area contributed by atoms with Crippen LogP contribution in [0.15, 0.2) is 90.1 Å². The monoisotopic (exact) mass is 498 g/mol. The number of pyridine rings is 1. The van der Waals surface area contributed by atoms with E-state index in [1.54, 1.807) is 11.8 Å². The number of fused-ring (bicyclic) bond motifs is 1. The fourth-order valence-corrected chi connectivity index (χ4v) is 5.30. The van der Waals surface area contributed by atoms with E-state index < -0.39 is 0 Å². The van der Waals surface area contributed by atoms with Crippen LogP contribution in [0.3, 0.4) is 0 Å². The molecular formula is C29H30N4O2S. The molecule has 6 nitrogen and oxygen atoms in total. The Hall–Kier alpha value is -3.58. The van der Waals surface area contributed by atoms with Crippen molar-refractivity contribution >= 4 is 29.2 Å². The molecule has 0 bridgehead atoms. The van der Waals surface area contributed by atoms with Crippen molar-refractivity contribution in [3.8, 4) is 0 Å². The molecule has 5 rings (SSSR count). The smallest absolute Gasteiger partial charge is 0.253 e.